The van der Waals surface area contributed by atoms with Crippen molar-refractivity contribution in [2.75, 3.05) is 13.1 Å². The van der Waals surface area contributed by atoms with E-state index < -0.39 is 5.97 Å². The van der Waals surface area contributed by atoms with Crippen molar-refractivity contribution in [2.24, 2.45) is 17.3 Å². The fourth-order valence-electron chi connectivity index (χ4n) is 4.21. The highest BCUT2D eigenvalue weighted by Gasteiger charge is 2.43. The first kappa shape index (κ1) is 16.3. The molecule has 2 aliphatic rings. The topological polar surface area (TPSA) is 57.6 Å². The summed E-state index contributed by atoms with van der Waals surface area (Å²) in [4.78, 5) is 25.9. The van der Waals surface area contributed by atoms with Crippen LogP contribution in [0.4, 0.5) is 0 Å². The fourth-order valence-corrected chi connectivity index (χ4v) is 4.21. The molecule has 2 fully saturated rings. The van der Waals surface area contributed by atoms with Crippen LogP contribution in [-0.2, 0) is 9.59 Å². The van der Waals surface area contributed by atoms with Crippen LogP contribution in [0.1, 0.15) is 65.2 Å². The third-order valence-electron chi connectivity index (χ3n) is 5.74. The molecular weight excluding hydrogens is 266 g/mol. The molecule has 1 saturated heterocycles. The normalized spacial score (nSPS) is 26.6. The van der Waals surface area contributed by atoms with Gasteiger partial charge >= 0.3 is 5.97 Å². The molecule has 2 atom stereocenters. The Hall–Kier alpha value is -1.06. The average molecular weight is 295 g/mol. The number of rotatable bonds is 5. The van der Waals surface area contributed by atoms with Gasteiger partial charge in [0.2, 0.25) is 5.91 Å². The van der Waals surface area contributed by atoms with Crippen LogP contribution in [0.15, 0.2) is 0 Å². The summed E-state index contributed by atoms with van der Waals surface area (Å²) >= 11 is 0. The van der Waals surface area contributed by atoms with Gasteiger partial charge in [-0.25, -0.2) is 0 Å². The molecule has 0 aromatic carbocycles. The molecule has 0 aromatic rings. The van der Waals surface area contributed by atoms with Gasteiger partial charge in [-0.05, 0) is 43.9 Å². The van der Waals surface area contributed by atoms with Crippen molar-refractivity contribution in [1.29, 1.82) is 0 Å². The molecule has 0 radical (unpaired) electrons. The van der Waals surface area contributed by atoms with Gasteiger partial charge in [0.15, 0.2) is 0 Å². The number of nitrogens with zero attached hydrogens (tertiary/aromatic N) is 1. The van der Waals surface area contributed by atoms with Crippen LogP contribution >= 0.6 is 0 Å². The van der Waals surface area contributed by atoms with Gasteiger partial charge in [-0.1, -0.05) is 26.7 Å². The van der Waals surface area contributed by atoms with E-state index in [1.54, 1.807) is 0 Å². The minimum absolute atomic E-state index is 0.113. The van der Waals surface area contributed by atoms with Crippen LogP contribution < -0.4 is 0 Å². The Balaban J connectivity index is 2.00. The molecule has 1 aliphatic heterocycles. The molecule has 0 spiro atoms. The molecular formula is C17H29NO3. The summed E-state index contributed by atoms with van der Waals surface area (Å²) in [6.07, 6.45) is 7.64. The van der Waals surface area contributed by atoms with E-state index in [2.05, 4.69) is 6.92 Å². The largest absolute Gasteiger partial charge is 0.481 e. The summed E-state index contributed by atoms with van der Waals surface area (Å²) in [5.41, 5.74) is -0.113. The van der Waals surface area contributed by atoms with Crippen molar-refractivity contribution in [3.63, 3.8) is 0 Å². The molecule has 1 amide bonds. The van der Waals surface area contributed by atoms with Crippen LogP contribution in [-0.4, -0.2) is 35.0 Å². The molecule has 1 N–H and O–H groups in total. The number of aliphatic carboxylic acids is 1. The predicted octanol–water partition coefficient (Wildman–Crippen LogP) is 3.31. The van der Waals surface area contributed by atoms with Gasteiger partial charge < -0.3 is 10.0 Å². The Bertz CT molecular complexity index is 387. The summed E-state index contributed by atoms with van der Waals surface area (Å²) in [7, 11) is 0. The number of carbonyl (C=O) groups is 2. The molecule has 0 bridgehead atoms. The Morgan fingerprint density at radius 1 is 1.29 bits per heavy atom. The molecule has 1 aliphatic carbocycles. The first-order valence-corrected chi connectivity index (χ1v) is 8.49. The molecule has 2 unspecified atom stereocenters. The minimum atomic E-state index is -0.730. The number of carbonyl (C=O) groups excluding carboxylic acids is 1. The number of piperidine rings is 1. The van der Waals surface area contributed by atoms with Gasteiger partial charge in [-0.2, -0.15) is 0 Å². The molecule has 120 valence electrons. The van der Waals surface area contributed by atoms with Crippen molar-refractivity contribution >= 4 is 11.9 Å². The van der Waals surface area contributed by atoms with E-state index in [1.807, 2.05) is 11.8 Å². The van der Waals surface area contributed by atoms with Crippen molar-refractivity contribution in [3.05, 3.63) is 0 Å². The third kappa shape index (κ3) is 3.58. The van der Waals surface area contributed by atoms with E-state index in [-0.39, 0.29) is 17.8 Å². The molecule has 1 heterocycles. The van der Waals surface area contributed by atoms with Gasteiger partial charge in [0, 0.05) is 24.9 Å². The minimum Gasteiger partial charge on any atom is -0.481 e. The predicted molar refractivity (Wildman–Crippen MR) is 81.9 cm³/mol. The van der Waals surface area contributed by atoms with Crippen LogP contribution in [0, 0.1) is 17.3 Å². The maximum Gasteiger partial charge on any atom is 0.303 e. The van der Waals surface area contributed by atoms with Gasteiger partial charge in [-0.15, -0.1) is 0 Å². The van der Waals surface area contributed by atoms with Crippen molar-refractivity contribution in [2.45, 2.75) is 65.2 Å². The number of likely N-dealkylation sites (tertiary alicyclic amines) is 1. The van der Waals surface area contributed by atoms with E-state index in [0.717, 1.165) is 45.2 Å². The lowest BCUT2D eigenvalue weighted by molar-refractivity contribution is -0.144. The van der Waals surface area contributed by atoms with E-state index in [0.29, 0.717) is 11.8 Å². The Labute approximate surface area is 127 Å². The first-order chi connectivity index (χ1) is 9.98. The summed E-state index contributed by atoms with van der Waals surface area (Å²) in [5.74, 6) is 0.106. The zero-order valence-electron chi connectivity index (χ0n) is 13.4. The number of hydrogen-bond donors (Lipinski definition) is 1. The monoisotopic (exact) mass is 295 g/mol. The highest BCUT2D eigenvalue weighted by atomic mass is 16.4. The van der Waals surface area contributed by atoms with Crippen LogP contribution in [0.2, 0.25) is 0 Å². The Kier molecular flexibility index (Phi) is 5.28. The number of hydrogen-bond acceptors (Lipinski definition) is 2. The van der Waals surface area contributed by atoms with Crippen molar-refractivity contribution in [1.82, 2.24) is 4.90 Å². The highest BCUT2D eigenvalue weighted by molar-refractivity contribution is 5.83. The van der Waals surface area contributed by atoms with E-state index in [9.17, 15) is 9.59 Å². The summed E-state index contributed by atoms with van der Waals surface area (Å²) in [6, 6.07) is 0. The number of carboxylic acid groups (broad SMARTS) is 1. The van der Waals surface area contributed by atoms with E-state index >= 15 is 0 Å². The number of carboxylic acids is 1. The van der Waals surface area contributed by atoms with Crippen LogP contribution in [0.25, 0.3) is 0 Å². The van der Waals surface area contributed by atoms with Gasteiger partial charge in [-0.3, -0.25) is 9.59 Å². The SMILES string of the molecule is CCC1(C(=O)N2CCCC(C(C)CC(=O)O)C2)CCCC1. The van der Waals surface area contributed by atoms with Gasteiger partial charge in [0.25, 0.3) is 0 Å². The second-order valence-electron chi connectivity index (χ2n) is 7.07. The zero-order chi connectivity index (χ0) is 15.5. The quantitative estimate of drug-likeness (QED) is 0.846. The van der Waals surface area contributed by atoms with E-state index in [1.165, 1.54) is 12.8 Å². The van der Waals surface area contributed by atoms with Crippen LogP contribution in [0.3, 0.4) is 0 Å². The molecule has 0 aromatic heterocycles. The summed E-state index contributed by atoms with van der Waals surface area (Å²) < 4.78 is 0. The molecule has 4 heteroatoms. The maximum absolute atomic E-state index is 13.0. The Morgan fingerprint density at radius 3 is 2.52 bits per heavy atom. The summed E-state index contributed by atoms with van der Waals surface area (Å²) in [6.45, 7) is 5.77. The van der Waals surface area contributed by atoms with Crippen molar-refractivity contribution in [3.8, 4) is 0 Å². The second kappa shape index (κ2) is 6.80. The average Bonchev–Trinajstić information content (AvgIpc) is 2.96. The smallest absolute Gasteiger partial charge is 0.303 e. The molecule has 2 rings (SSSR count). The zero-order valence-corrected chi connectivity index (χ0v) is 13.4. The number of amides is 1. The van der Waals surface area contributed by atoms with Crippen molar-refractivity contribution < 1.29 is 14.7 Å². The first-order valence-electron chi connectivity index (χ1n) is 8.49. The summed E-state index contributed by atoms with van der Waals surface area (Å²) in [5, 5.41) is 8.96. The Morgan fingerprint density at radius 2 is 1.95 bits per heavy atom. The maximum atomic E-state index is 13.0. The standard InChI is InChI=1S/C17H29NO3/c1-3-17(8-4-5-9-17)16(21)18-10-6-7-14(12-18)13(2)11-15(19)20/h13-14H,3-12H2,1-2H3,(H,19,20). The lowest BCUT2D eigenvalue weighted by Gasteiger charge is -2.40. The fraction of sp³-hybridized carbons (Fsp3) is 0.882. The molecule has 21 heavy (non-hydrogen) atoms. The van der Waals surface area contributed by atoms with Gasteiger partial charge in [0.1, 0.15) is 0 Å². The van der Waals surface area contributed by atoms with E-state index in [4.69, 9.17) is 5.11 Å². The highest BCUT2D eigenvalue weighted by Crippen LogP contribution is 2.43. The lowest BCUT2D eigenvalue weighted by Crippen LogP contribution is -2.48. The second-order valence-corrected chi connectivity index (χ2v) is 7.07. The van der Waals surface area contributed by atoms with Gasteiger partial charge in [0.05, 0.1) is 0 Å². The van der Waals surface area contributed by atoms with Crippen LogP contribution in [0.5, 0.6) is 0 Å². The molecule has 1 saturated carbocycles. The lowest BCUT2D eigenvalue weighted by atomic mass is 9.79. The molecule has 4 nitrogen and oxygen atoms in total. The third-order valence-corrected chi connectivity index (χ3v) is 5.74.